The number of allylic oxidation sites excluding steroid dienone is 4. The molecule has 4 aliphatic carbocycles. The zero-order valence-electron chi connectivity index (χ0n) is 21.5. The number of ether oxygens (including phenoxy) is 1. The van der Waals surface area contributed by atoms with Crippen LogP contribution in [0.4, 0.5) is 0 Å². The Morgan fingerprint density at radius 2 is 1.88 bits per heavy atom. The van der Waals surface area contributed by atoms with E-state index in [1.165, 1.54) is 12.5 Å². The second-order valence-electron chi connectivity index (χ2n) is 12.4. The molecule has 0 heterocycles. The molecule has 4 nitrogen and oxygen atoms in total. The highest BCUT2D eigenvalue weighted by Gasteiger charge is 2.64. The van der Waals surface area contributed by atoms with Crippen LogP contribution < -0.4 is 0 Å². The first-order chi connectivity index (χ1) is 15.5. The van der Waals surface area contributed by atoms with Crippen LogP contribution in [0, 0.1) is 46.3 Å². The Morgan fingerprint density at radius 1 is 1.15 bits per heavy atom. The molecule has 4 heteroatoms. The minimum absolute atomic E-state index is 0.100. The monoisotopic (exact) mass is 456 g/mol. The van der Waals surface area contributed by atoms with Crippen LogP contribution in [0.2, 0.25) is 0 Å². The van der Waals surface area contributed by atoms with E-state index in [1.54, 1.807) is 6.08 Å². The maximum Gasteiger partial charge on any atom is 0.302 e. The summed E-state index contributed by atoms with van der Waals surface area (Å²) in [6, 6.07) is 0. The lowest BCUT2D eigenvalue weighted by atomic mass is 9.46. The van der Waals surface area contributed by atoms with Gasteiger partial charge in [-0.1, -0.05) is 46.3 Å². The molecule has 3 fully saturated rings. The van der Waals surface area contributed by atoms with Crippen LogP contribution in [0.5, 0.6) is 0 Å². The van der Waals surface area contributed by atoms with Crippen LogP contribution in [0.1, 0.15) is 86.5 Å². The lowest BCUT2D eigenvalue weighted by Crippen LogP contribution is -2.57. The SMILES string of the molecule is CC(=O)O[C@@H]1C[C@H]2[C@@H](CCC3=CC(=O)C=C[C@@]32C)[C@@H]2CC[C@H]([C@H](C)[C@H](O)CCC(C)C)[C@@]12C. The number of aliphatic hydroxyl groups excluding tert-OH is 1. The van der Waals surface area contributed by atoms with Gasteiger partial charge in [-0.2, -0.15) is 0 Å². The van der Waals surface area contributed by atoms with Gasteiger partial charge >= 0.3 is 5.97 Å². The molecule has 9 atom stereocenters. The summed E-state index contributed by atoms with van der Waals surface area (Å²) in [6.07, 6.45) is 12.3. The third kappa shape index (κ3) is 4.15. The maximum absolute atomic E-state index is 12.3. The van der Waals surface area contributed by atoms with Gasteiger partial charge in [-0.25, -0.2) is 0 Å². The lowest BCUT2D eigenvalue weighted by Gasteiger charge is -2.59. The predicted molar refractivity (Wildman–Crippen MR) is 130 cm³/mol. The Labute approximate surface area is 200 Å². The summed E-state index contributed by atoms with van der Waals surface area (Å²) in [7, 11) is 0. The summed E-state index contributed by atoms with van der Waals surface area (Å²) in [5.41, 5.74) is 1.02. The molecular formula is C29H44O4. The average molecular weight is 457 g/mol. The summed E-state index contributed by atoms with van der Waals surface area (Å²) in [6.45, 7) is 12.8. The normalized spacial score (nSPS) is 41.6. The number of hydrogen-bond acceptors (Lipinski definition) is 4. The van der Waals surface area contributed by atoms with Gasteiger partial charge in [-0.05, 0) is 92.6 Å². The maximum atomic E-state index is 12.3. The zero-order chi connectivity index (χ0) is 24.1. The van der Waals surface area contributed by atoms with Gasteiger partial charge < -0.3 is 9.84 Å². The van der Waals surface area contributed by atoms with E-state index in [-0.39, 0.29) is 40.7 Å². The fraction of sp³-hybridized carbons (Fsp3) is 0.793. The minimum Gasteiger partial charge on any atom is -0.462 e. The summed E-state index contributed by atoms with van der Waals surface area (Å²) < 4.78 is 6.13. The summed E-state index contributed by atoms with van der Waals surface area (Å²) in [4.78, 5) is 24.3. The first-order valence-corrected chi connectivity index (χ1v) is 13.3. The number of ketones is 1. The highest BCUT2D eigenvalue weighted by atomic mass is 16.5. The minimum atomic E-state index is -0.311. The Balaban J connectivity index is 1.66. The standard InChI is InChI=1S/C29H44O4/c1-17(2)7-12-26(32)18(3)23-10-11-24-22-9-8-20-15-21(31)13-14-28(20,5)25(22)16-27(29(23,24)6)33-19(4)30/h13-15,17-18,22-27,32H,7-12,16H2,1-6H3/t18-,22-,23+,24-,25-,26+,27+,28-,29+/m0/s1. The largest absolute Gasteiger partial charge is 0.462 e. The molecule has 0 amide bonds. The molecule has 0 aromatic heterocycles. The van der Waals surface area contributed by atoms with Crippen LogP contribution >= 0.6 is 0 Å². The van der Waals surface area contributed by atoms with Gasteiger partial charge in [-0.15, -0.1) is 0 Å². The Bertz CT molecular complexity index is 841. The van der Waals surface area contributed by atoms with E-state index in [2.05, 4.69) is 40.7 Å². The van der Waals surface area contributed by atoms with Gasteiger partial charge in [0.15, 0.2) is 5.78 Å². The molecule has 0 bridgehead atoms. The van der Waals surface area contributed by atoms with Crippen LogP contribution in [0.25, 0.3) is 0 Å². The van der Waals surface area contributed by atoms with E-state index in [1.807, 2.05) is 6.08 Å². The van der Waals surface area contributed by atoms with Crippen molar-refractivity contribution in [3.05, 3.63) is 23.8 Å². The summed E-state index contributed by atoms with van der Waals surface area (Å²) in [5.74, 6) is 2.44. The fourth-order valence-electron chi connectivity index (χ4n) is 8.44. The molecule has 184 valence electrons. The van der Waals surface area contributed by atoms with Crippen molar-refractivity contribution in [1.29, 1.82) is 0 Å². The highest BCUT2D eigenvalue weighted by Crippen LogP contribution is 2.67. The Kier molecular flexibility index (Phi) is 6.72. The van der Waals surface area contributed by atoms with Gasteiger partial charge in [0.05, 0.1) is 6.10 Å². The van der Waals surface area contributed by atoms with E-state index in [0.717, 1.165) is 44.9 Å². The average Bonchev–Trinajstić information content (AvgIpc) is 3.10. The van der Waals surface area contributed by atoms with Gasteiger partial charge in [0, 0.05) is 17.8 Å². The first kappa shape index (κ1) is 24.7. The number of esters is 1. The molecule has 0 radical (unpaired) electrons. The van der Waals surface area contributed by atoms with E-state index in [9.17, 15) is 14.7 Å². The predicted octanol–water partition coefficient (Wildman–Crippen LogP) is 5.89. The molecule has 33 heavy (non-hydrogen) atoms. The van der Waals surface area contributed by atoms with Crippen LogP contribution in [-0.4, -0.2) is 29.1 Å². The molecule has 4 aliphatic rings. The van der Waals surface area contributed by atoms with Gasteiger partial charge in [0.1, 0.15) is 6.10 Å². The van der Waals surface area contributed by atoms with Crippen LogP contribution in [0.15, 0.2) is 23.8 Å². The number of hydrogen-bond donors (Lipinski definition) is 1. The summed E-state index contributed by atoms with van der Waals surface area (Å²) >= 11 is 0. The van der Waals surface area contributed by atoms with E-state index in [0.29, 0.717) is 29.6 Å². The second-order valence-corrected chi connectivity index (χ2v) is 12.4. The molecular weight excluding hydrogens is 412 g/mol. The quantitative estimate of drug-likeness (QED) is 0.507. The molecule has 3 saturated carbocycles. The van der Waals surface area contributed by atoms with Crippen molar-refractivity contribution in [1.82, 2.24) is 0 Å². The topological polar surface area (TPSA) is 63.6 Å². The van der Waals surface area contributed by atoms with E-state index < -0.39 is 0 Å². The van der Waals surface area contributed by atoms with Crippen molar-refractivity contribution in [3.63, 3.8) is 0 Å². The Hall–Kier alpha value is -1.42. The van der Waals surface area contributed by atoms with E-state index in [4.69, 9.17) is 4.74 Å². The third-order valence-electron chi connectivity index (χ3n) is 10.3. The van der Waals surface area contributed by atoms with Crippen LogP contribution in [0.3, 0.4) is 0 Å². The molecule has 0 unspecified atom stereocenters. The number of aliphatic hydroxyl groups is 1. The fourth-order valence-corrected chi connectivity index (χ4v) is 8.44. The smallest absolute Gasteiger partial charge is 0.302 e. The van der Waals surface area contributed by atoms with Crippen molar-refractivity contribution >= 4 is 11.8 Å². The second kappa shape index (κ2) is 8.98. The molecule has 4 rings (SSSR count). The third-order valence-corrected chi connectivity index (χ3v) is 10.3. The van der Waals surface area contributed by atoms with Gasteiger partial charge in [-0.3, -0.25) is 9.59 Å². The first-order valence-electron chi connectivity index (χ1n) is 13.3. The lowest BCUT2D eigenvalue weighted by molar-refractivity contribution is -0.181. The number of rotatable bonds is 6. The van der Waals surface area contributed by atoms with Crippen molar-refractivity contribution in [3.8, 4) is 0 Å². The molecule has 1 N–H and O–H groups in total. The van der Waals surface area contributed by atoms with Crippen molar-refractivity contribution < 1.29 is 19.4 Å². The van der Waals surface area contributed by atoms with Crippen molar-refractivity contribution in [2.45, 2.75) is 98.7 Å². The number of fused-ring (bicyclic) bond motifs is 5. The molecule has 0 spiro atoms. The number of carbonyl (C=O) groups is 2. The van der Waals surface area contributed by atoms with E-state index >= 15 is 0 Å². The molecule has 0 aromatic rings. The Morgan fingerprint density at radius 3 is 2.55 bits per heavy atom. The zero-order valence-corrected chi connectivity index (χ0v) is 21.5. The summed E-state index contributed by atoms with van der Waals surface area (Å²) in [5, 5.41) is 11.1. The van der Waals surface area contributed by atoms with Gasteiger partial charge in [0.2, 0.25) is 0 Å². The molecule has 0 saturated heterocycles. The van der Waals surface area contributed by atoms with Crippen LogP contribution in [-0.2, 0) is 14.3 Å². The van der Waals surface area contributed by atoms with Crippen molar-refractivity contribution in [2.24, 2.45) is 46.3 Å². The van der Waals surface area contributed by atoms with Gasteiger partial charge in [0.25, 0.3) is 0 Å². The number of carbonyl (C=O) groups excluding carboxylic acids is 2. The molecule has 0 aliphatic heterocycles. The van der Waals surface area contributed by atoms with Crippen molar-refractivity contribution in [2.75, 3.05) is 0 Å². The molecule has 0 aromatic carbocycles. The highest BCUT2D eigenvalue weighted by molar-refractivity contribution is 6.01.